The number of nitrogens with zero attached hydrogens (tertiary/aromatic N) is 1. The third-order valence-electron chi connectivity index (χ3n) is 3.54. The van der Waals surface area contributed by atoms with Crippen molar-refractivity contribution in [1.29, 1.82) is 0 Å². The van der Waals surface area contributed by atoms with Gasteiger partial charge in [0.25, 0.3) is 5.91 Å². The Labute approximate surface area is 123 Å². The summed E-state index contributed by atoms with van der Waals surface area (Å²) in [7, 11) is 0. The van der Waals surface area contributed by atoms with Crippen LogP contribution in [0.4, 0.5) is 4.39 Å². The van der Waals surface area contributed by atoms with Crippen LogP contribution in [0.15, 0.2) is 24.3 Å². The van der Waals surface area contributed by atoms with E-state index in [1.807, 2.05) is 0 Å². The van der Waals surface area contributed by atoms with Gasteiger partial charge < -0.3 is 15.1 Å². The number of thiophene rings is 1. The number of hydrogen-bond donors (Lipinski definition) is 2. The van der Waals surface area contributed by atoms with E-state index in [0.29, 0.717) is 10.1 Å². The summed E-state index contributed by atoms with van der Waals surface area (Å²) in [5, 5.41) is 19.0. The number of likely N-dealkylation sites (tertiary alicyclic amines) is 1. The Hall–Kier alpha value is -1.99. The monoisotopic (exact) mass is 309 g/mol. The molecule has 110 valence electrons. The molecular weight excluding hydrogens is 297 g/mol. The van der Waals surface area contributed by atoms with E-state index < -0.39 is 29.8 Å². The number of hydrogen-bond acceptors (Lipinski definition) is 4. The number of fused-ring (bicyclic) bond motifs is 1. The fourth-order valence-electron chi connectivity index (χ4n) is 2.54. The molecule has 3 rings (SSSR count). The normalized spacial score (nSPS) is 21.9. The number of aliphatic carboxylic acids is 1. The lowest BCUT2D eigenvalue weighted by atomic mass is 10.2. The summed E-state index contributed by atoms with van der Waals surface area (Å²) >= 11 is 1.12. The van der Waals surface area contributed by atoms with Crippen LogP contribution in [0.3, 0.4) is 0 Å². The lowest BCUT2D eigenvalue weighted by molar-refractivity contribution is -0.141. The maximum absolute atomic E-state index is 13.7. The van der Waals surface area contributed by atoms with Crippen LogP contribution in [0.1, 0.15) is 16.1 Å². The van der Waals surface area contributed by atoms with Crippen LogP contribution in [0.25, 0.3) is 10.1 Å². The van der Waals surface area contributed by atoms with Crippen molar-refractivity contribution in [2.75, 3.05) is 6.54 Å². The van der Waals surface area contributed by atoms with Gasteiger partial charge in [0.15, 0.2) is 0 Å². The molecule has 0 aliphatic carbocycles. The van der Waals surface area contributed by atoms with E-state index in [4.69, 9.17) is 5.11 Å². The van der Waals surface area contributed by atoms with Crippen molar-refractivity contribution < 1.29 is 24.2 Å². The highest BCUT2D eigenvalue weighted by molar-refractivity contribution is 7.20. The molecule has 2 aromatic rings. The Kier molecular flexibility index (Phi) is 3.38. The molecule has 1 aromatic heterocycles. The fourth-order valence-corrected chi connectivity index (χ4v) is 3.58. The molecule has 2 N–H and O–H groups in total. The molecule has 1 saturated heterocycles. The number of carboxylic acid groups (broad SMARTS) is 1. The quantitative estimate of drug-likeness (QED) is 0.885. The molecule has 1 aromatic carbocycles. The van der Waals surface area contributed by atoms with E-state index in [9.17, 15) is 19.1 Å². The minimum atomic E-state index is -1.15. The summed E-state index contributed by atoms with van der Waals surface area (Å²) in [5.74, 6) is -2.05. The Bertz CT molecular complexity index is 729. The minimum Gasteiger partial charge on any atom is -0.480 e. The van der Waals surface area contributed by atoms with Gasteiger partial charge in [-0.05, 0) is 18.2 Å². The molecule has 1 amide bonds. The van der Waals surface area contributed by atoms with Gasteiger partial charge in [-0.25, -0.2) is 9.18 Å². The Balaban J connectivity index is 1.96. The van der Waals surface area contributed by atoms with E-state index in [1.54, 1.807) is 12.1 Å². The highest BCUT2D eigenvalue weighted by atomic mass is 32.1. The second-order valence-corrected chi connectivity index (χ2v) is 6.05. The number of aliphatic hydroxyl groups is 1. The molecule has 0 bridgehead atoms. The molecule has 0 radical (unpaired) electrons. The molecule has 1 aliphatic rings. The van der Waals surface area contributed by atoms with Crippen molar-refractivity contribution in [1.82, 2.24) is 4.90 Å². The van der Waals surface area contributed by atoms with Gasteiger partial charge in [-0.3, -0.25) is 4.79 Å². The molecule has 2 atom stereocenters. The Morgan fingerprint density at radius 2 is 2.14 bits per heavy atom. The van der Waals surface area contributed by atoms with Crippen molar-refractivity contribution in [3.05, 3.63) is 35.0 Å². The zero-order valence-electron chi connectivity index (χ0n) is 10.8. The van der Waals surface area contributed by atoms with Crippen LogP contribution in [0.5, 0.6) is 0 Å². The van der Waals surface area contributed by atoms with Crippen molar-refractivity contribution in [2.24, 2.45) is 0 Å². The summed E-state index contributed by atoms with van der Waals surface area (Å²) in [6, 6.07) is 4.96. The lowest BCUT2D eigenvalue weighted by Crippen LogP contribution is -2.40. The van der Waals surface area contributed by atoms with Crippen LogP contribution in [0, 0.1) is 5.82 Å². The topological polar surface area (TPSA) is 77.8 Å². The molecule has 0 spiro atoms. The second kappa shape index (κ2) is 5.09. The van der Waals surface area contributed by atoms with E-state index in [1.165, 1.54) is 12.1 Å². The molecule has 5 nitrogen and oxygen atoms in total. The third kappa shape index (κ3) is 2.38. The lowest BCUT2D eigenvalue weighted by Gasteiger charge is -2.20. The largest absolute Gasteiger partial charge is 0.480 e. The van der Waals surface area contributed by atoms with Crippen molar-refractivity contribution >= 4 is 33.3 Å². The van der Waals surface area contributed by atoms with Gasteiger partial charge in [0.1, 0.15) is 11.9 Å². The van der Waals surface area contributed by atoms with E-state index >= 15 is 0 Å². The highest BCUT2D eigenvalue weighted by Crippen LogP contribution is 2.30. The summed E-state index contributed by atoms with van der Waals surface area (Å²) in [4.78, 5) is 25.0. The molecule has 7 heteroatoms. The Morgan fingerprint density at radius 3 is 2.81 bits per heavy atom. The fraction of sp³-hybridized carbons (Fsp3) is 0.286. The van der Waals surface area contributed by atoms with Gasteiger partial charge in [-0.2, -0.15) is 0 Å². The predicted molar refractivity (Wildman–Crippen MR) is 74.9 cm³/mol. The average molecular weight is 309 g/mol. The number of carbonyl (C=O) groups excluding carboxylic acids is 1. The maximum Gasteiger partial charge on any atom is 0.326 e. The van der Waals surface area contributed by atoms with Crippen LogP contribution in [-0.4, -0.2) is 45.7 Å². The number of aliphatic hydroxyl groups excluding tert-OH is 1. The first-order chi connectivity index (χ1) is 9.97. The van der Waals surface area contributed by atoms with Gasteiger partial charge in [0.05, 0.1) is 11.0 Å². The summed E-state index contributed by atoms with van der Waals surface area (Å²) < 4.78 is 14.3. The van der Waals surface area contributed by atoms with Crippen LogP contribution < -0.4 is 0 Å². The molecular formula is C14H12FNO4S. The minimum absolute atomic E-state index is 0.0142. The molecule has 0 saturated carbocycles. The zero-order chi connectivity index (χ0) is 15.1. The Morgan fingerprint density at radius 1 is 1.38 bits per heavy atom. The number of carbonyl (C=O) groups is 2. The van der Waals surface area contributed by atoms with Crippen molar-refractivity contribution in [2.45, 2.75) is 18.6 Å². The summed E-state index contributed by atoms with van der Waals surface area (Å²) in [6.45, 7) is -0.0213. The van der Waals surface area contributed by atoms with Gasteiger partial charge in [0, 0.05) is 23.1 Å². The third-order valence-corrected chi connectivity index (χ3v) is 4.63. The molecule has 2 heterocycles. The number of β-amino-alcohol motifs (C(OH)–C–C–N with tert-alkyl or cyclic N) is 1. The van der Waals surface area contributed by atoms with Gasteiger partial charge >= 0.3 is 5.97 Å². The SMILES string of the molecule is O=C(O)C1CC(O)CN1C(=O)c1cc2c(F)cccc2s1. The standard InChI is InChI=1S/C14H12FNO4S/c15-9-2-1-3-11-8(9)5-12(21-11)13(18)16-6-7(17)4-10(16)14(19)20/h1-3,5,7,10,17H,4,6H2,(H,19,20). The average Bonchev–Trinajstić information content (AvgIpc) is 3.02. The summed E-state index contributed by atoms with van der Waals surface area (Å²) in [5.41, 5.74) is 0. The predicted octanol–water partition coefficient (Wildman–Crippen LogP) is 1.70. The number of halogens is 1. The molecule has 1 aliphatic heterocycles. The first-order valence-corrected chi connectivity index (χ1v) is 7.19. The van der Waals surface area contributed by atoms with Gasteiger partial charge in [-0.1, -0.05) is 6.07 Å². The van der Waals surface area contributed by atoms with Crippen LogP contribution in [0.2, 0.25) is 0 Å². The smallest absolute Gasteiger partial charge is 0.326 e. The van der Waals surface area contributed by atoms with E-state index in [2.05, 4.69) is 0 Å². The van der Waals surface area contributed by atoms with E-state index in [-0.39, 0.29) is 17.8 Å². The van der Waals surface area contributed by atoms with E-state index in [0.717, 1.165) is 16.2 Å². The number of benzene rings is 1. The first-order valence-electron chi connectivity index (χ1n) is 6.37. The highest BCUT2D eigenvalue weighted by Gasteiger charge is 2.39. The first kappa shape index (κ1) is 14.0. The summed E-state index contributed by atoms with van der Waals surface area (Å²) in [6.07, 6.45) is -0.832. The zero-order valence-corrected chi connectivity index (χ0v) is 11.6. The second-order valence-electron chi connectivity index (χ2n) is 4.96. The van der Waals surface area contributed by atoms with Gasteiger partial charge in [-0.15, -0.1) is 11.3 Å². The number of amides is 1. The van der Waals surface area contributed by atoms with Gasteiger partial charge in [0.2, 0.25) is 0 Å². The molecule has 2 unspecified atom stereocenters. The van der Waals surface area contributed by atoms with Crippen LogP contribution in [-0.2, 0) is 4.79 Å². The van der Waals surface area contributed by atoms with Crippen molar-refractivity contribution in [3.8, 4) is 0 Å². The maximum atomic E-state index is 13.7. The van der Waals surface area contributed by atoms with Crippen LogP contribution >= 0.6 is 11.3 Å². The van der Waals surface area contributed by atoms with Crippen molar-refractivity contribution in [3.63, 3.8) is 0 Å². The molecule has 21 heavy (non-hydrogen) atoms. The number of rotatable bonds is 2. The molecule has 1 fully saturated rings. The number of carboxylic acids is 1.